The Bertz CT molecular complexity index is 880. The molecule has 0 spiro atoms. The van der Waals surface area contributed by atoms with Crippen LogP contribution in [0.1, 0.15) is 39.4 Å². The minimum Gasteiger partial charge on any atom is -0.462 e. The van der Waals surface area contributed by atoms with Crippen LogP contribution in [0.2, 0.25) is 0 Å². The van der Waals surface area contributed by atoms with Crippen LogP contribution in [0, 0.1) is 6.92 Å². The van der Waals surface area contributed by atoms with Crippen molar-refractivity contribution in [1.29, 1.82) is 0 Å². The number of para-hydroxylation sites is 1. The second-order valence-corrected chi connectivity index (χ2v) is 7.76. The molecule has 1 heterocycles. The highest BCUT2D eigenvalue weighted by Crippen LogP contribution is 2.34. The number of benzene rings is 1. The summed E-state index contributed by atoms with van der Waals surface area (Å²) in [6.45, 7) is 5.63. The molecule has 28 heavy (non-hydrogen) atoms. The molecule has 150 valence electrons. The maximum atomic E-state index is 12.4. The van der Waals surface area contributed by atoms with E-state index in [1.165, 1.54) is 0 Å². The van der Waals surface area contributed by atoms with Gasteiger partial charge in [-0.3, -0.25) is 0 Å². The third-order valence-electron chi connectivity index (χ3n) is 3.67. The molecule has 0 saturated carbocycles. The number of thiocarbonyl (C=S) groups is 1. The second kappa shape index (κ2) is 10.4. The van der Waals surface area contributed by atoms with Gasteiger partial charge in [-0.15, -0.1) is 23.1 Å². The van der Waals surface area contributed by atoms with E-state index in [2.05, 4.69) is 10.6 Å². The molecule has 0 bridgehead atoms. The predicted octanol–water partition coefficient (Wildman–Crippen LogP) is 4.94. The molecule has 1 aromatic carbocycles. The van der Waals surface area contributed by atoms with Crippen LogP contribution < -0.4 is 10.6 Å². The fourth-order valence-electron chi connectivity index (χ4n) is 2.45. The zero-order chi connectivity index (χ0) is 20.7. The number of anilines is 2. The van der Waals surface area contributed by atoms with Gasteiger partial charge in [-0.1, -0.05) is 12.1 Å². The van der Waals surface area contributed by atoms with Crippen molar-refractivity contribution in [2.45, 2.75) is 25.7 Å². The third-order valence-corrected chi connectivity index (χ3v) is 5.86. The molecule has 2 aromatic rings. The highest BCUT2D eigenvalue weighted by atomic mass is 32.2. The van der Waals surface area contributed by atoms with Crippen LogP contribution in [-0.4, -0.2) is 36.5 Å². The average molecular weight is 439 g/mol. The number of nitrogens with one attached hydrogen (secondary N) is 2. The Balaban J connectivity index is 2.32. The number of rotatable bonds is 7. The standard InChI is InChI=1S/C19H22N2O4S3/c1-5-24-17(22)14-11(3)15(18(23)25-6-2)28-16(14)21-19(26)20-12-9-7-8-10-13(12)27-4/h7-10H,5-6H2,1-4H3,(H2,20,21,26). The molecule has 0 aliphatic rings. The number of thioether (sulfide) groups is 1. The topological polar surface area (TPSA) is 76.7 Å². The van der Waals surface area contributed by atoms with Crippen LogP contribution in [0.5, 0.6) is 0 Å². The molecule has 6 nitrogen and oxygen atoms in total. The van der Waals surface area contributed by atoms with E-state index < -0.39 is 11.9 Å². The first-order chi connectivity index (χ1) is 13.4. The number of carbonyl (C=O) groups excluding carboxylic acids is 2. The number of thiophene rings is 1. The van der Waals surface area contributed by atoms with Crippen molar-refractivity contribution in [2.24, 2.45) is 0 Å². The van der Waals surface area contributed by atoms with Crippen molar-refractivity contribution >= 4 is 63.1 Å². The number of hydrogen-bond acceptors (Lipinski definition) is 7. The van der Waals surface area contributed by atoms with E-state index >= 15 is 0 Å². The maximum Gasteiger partial charge on any atom is 0.348 e. The molecular weight excluding hydrogens is 416 g/mol. The minimum atomic E-state index is -0.512. The molecular formula is C19H22N2O4S3. The van der Waals surface area contributed by atoms with Gasteiger partial charge in [0.1, 0.15) is 9.88 Å². The normalized spacial score (nSPS) is 10.3. The van der Waals surface area contributed by atoms with Gasteiger partial charge < -0.3 is 20.1 Å². The first-order valence-corrected chi connectivity index (χ1v) is 11.1. The lowest BCUT2D eigenvalue weighted by Crippen LogP contribution is -2.20. The molecule has 9 heteroatoms. The summed E-state index contributed by atoms with van der Waals surface area (Å²) in [5.74, 6) is -0.989. The van der Waals surface area contributed by atoms with E-state index in [-0.39, 0.29) is 18.8 Å². The van der Waals surface area contributed by atoms with Gasteiger partial charge in [-0.05, 0) is 56.9 Å². The summed E-state index contributed by atoms with van der Waals surface area (Å²) in [4.78, 5) is 26.1. The van der Waals surface area contributed by atoms with E-state index in [1.807, 2.05) is 30.5 Å². The van der Waals surface area contributed by atoms with Crippen molar-refractivity contribution < 1.29 is 19.1 Å². The van der Waals surface area contributed by atoms with Crippen molar-refractivity contribution in [3.05, 3.63) is 40.3 Å². The van der Waals surface area contributed by atoms with Crippen LogP contribution in [-0.2, 0) is 9.47 Å². The number of carbonyl (C=O) groups is 2. The summed E-state index contributed by atoms with van der Waals surface area (Å²) >= 11 is 8.12. The van der Waals surface area contributed by atoms with Crippen molar-refractivity contribution in [3.63, 3.8) is 0 Å². The molecule has 0 aliphatic carbocycles. The molecule has 0 radical (unpaired) electrons. The van der Waals surface area contributed by atoms with Crippen molar-refractivity contribution in [3.8, 4) is 0 Å². The van der Waals surface area contributed by atoms with Gasteiger partial charge in [-0.25, -0.2) is 9.59 Å². The molecule has 2 N–H and O–H groups in total. The summed E-state index contributed by atoms with van der Waals surface area (Å²) in [6, 6.07) is 7.74. The summed E-state index contributed by atoms with van der Waals surface area (Å²) < 4.78 is 10.2. The molecule has 0 saturated heterocycles. The zero-order valence-corrected chi connectivity index (χ0v) is 18.5. The van der Waals surface area contributed by atoms with E-state index in [0.717, 1.165) is 21.9 Å². The first-order valence-electron chi connectivity index (χ1n) is 8.61. The Labute approximate surface area is 178 Å². The minimum absolute atomic E-state index is 0.228. The number of esters is 2. The zero-order valence-electron chi connectivity index (χ0n) is 16.1. The third kappa shape index (κ3) is 5.24. The highest BCUT2D eigenvalue weighted by molar-refractivity contribution is 7.98. The summed E-state index contributed by atoms with van der Waals surface area (Å²) in [6.07, 6.45) is 1.98. The summed E-state index contributed by atoms with van der Waals surface area (Å²) in [5.41, 5.74) is 1.65. The van der Waals surface area contributed by atoms with Gasteiger partial charge in [0.05, 0.1) is 24.5 Å². The van der Waals surface area contributed by atoms with Gasteiger partial charge >= 0.3 is 11.9 Å². The molecule has 0 fully saturated rings. The number of hydrogen-bond donors (Lipinski definition) is 2. The fourth-order valence-corrected chi connectivity index (χ4v) is 4.37. The van der Waals surface area contributed by atoms with Crippen molar-refractivity contribution in [2.75, 3.05) is 30.1 Å². The van der Waals surface area contributed by atoms with Gasteiger partial charge in [0, 0.05) is 4.90 Å². The van der Waals surface area contributed by atoms with E-state index in [0.29, 0.717) is 20.6 Å². The molecule has 0 aliphatic heterocycles. The molecule has 2 rings (SSSR count). The van der Waals surface area contributed by atoms with Crippen LogP contribution in [0.15, 0.2) is 29.2 Å². The number of ether oxygens (including phenoxy) is 2. The smallest absolute Gasteiger partial charge is 0.348 e. The lowest BCUT2D eigenvalue weighted by Gasteiger charge is -2.13. The van der Waals surface area contributed by atoms with Gasteiger partial charge in [0.15, 0.2) is 5.11 Å². The largest absolute Gasteiger partial charge is 0.462 e. The molecule has 0 amide bonds. The van der Waals surface area contributed by atoms with Gasteiger partial charge in [-0.2, -0.15) is 0 Å². The highest BCUT2D eigenvalue weighted by Gasteiger charge is 2.26. The predicted molar refractivity (Wildman–Crippen MR) is 119 cm³/mol. The SMILES string of the molecule is CCOC(=O)c1sc(NC(=S)Nc2ccccc2SC)c(C(=O)OCC)c1C. The Hall–Kier alpha value is -2.10. The van der Waals surface area contributed by atoms with Gasteiger partial charge in [0.25, 0.3) is 0 Å². The Morgan fingerprint density at radius 2 is 1.75 bits per heavy atom. The Kier molecular flexibility index (Phi) is 8.28. The summed E-state index contributed by atoms with van der Waals surface area (Å²) in [7, 11) is 0. The van der Waals surface area contributed by atoms with E-state index in [4.69, 9.17) is 21.7 Å². The lowest BCUT2D eigenvalue weighted by molar-refractivity contribution is 0.0527. The Morgan fingerprint density at radius 1 is 1.11 bits per heavy atom. The quantitative estimate of drug-likeness (QED) is 0.358. The van der Waals surface area contributed by atoms with Gasteiger partial charge in [0.2, 0.25) is 0 Å². The average Bonchev–Trinajstić information content (AvgIpc) is 2.98. The molecule has 0 unspecified atom stereocenters. The maximum absolute atomic E-state index is 12.4. The van der Waals surface area contributed by atoms with Crippen LogP contribution >= 0.6 is 35.3 Å². The Morgan fingerprint density at radius 3 is 2.39 bits per heavy atom. The lowest BCUT2D eigenvalue weighted by atomic mass is 10.1. The summed E-state index contributed by atoms with van der Waals surface area (Å²) in [5, 5.41) is 6.91. The monoisotopic (exact) mass is 438 g/mol. The van der Waals surface area contributed by atoms with E-state index in [1.54, 1.807) is 32.5 Å². The first kappa shape index (κ1) is 22.2. The van der Waals surface area contributed by atoms with Crippen LogP contribution in [0.4, 0.5) is 10.7 Å². The van der Waals surface area contributed by atoms with Crippen LogP contribution in [0.25, 0.3) is 0 Å². The van der Waals surface area contributed by atoms with Crippen molar-refractivity contribution in [1.82, 2.24) is 0 Å². The molecule has 0 atom stereocenters. The van der Waals surface area contributed by atoms with E-state index in [9.17, 15) is 9.59 Å². The molecule has 1 aromatic heterocycles. The fraction of sp³-hybridized carbons (Fsp3) is 0.316. The van der Waals surface area contributed by atoms with Crippen LogP contribution in [0.3, 0.4) is 0 Å². The second-order valence-electron chi connectivity index (χ2n) is 5.48.